The Labute approximate surface area is 142 Å². The fraction of sp³-hybridized carbons (Fsp3) is 0.235. The third kappa shape index (κ3) is 3.37. The summed E-state index contributed by atoms with van der Waals surface area (Å²) in [5.41, 5.74) is -0.378. The number of halogens is 1. The zero-order chi connectivity index (χ0) is 18.7. The summed E-state index contributed by atoms with van der Waals surface area (Å²) in [6.45, 7) is 1.85. The van der Waals surface area contributed by atoms with Gasteiger partial charge in [0.25, 0.3) is 0 Å². The van der Waals surface area contributed by atoms with Crippen molar-refractivity contribution in [1.29, 1.82) is 0 Å². The molecule has 0 aromatic heterocycles. The largest absolute Gasteiger partial charge is 0.504 e. The molecule has 0 saturated heterocycles. The van der Waals surface area contributed by atoms with Gasteiger partial charge in [0.1, 0.15) is 5.82 Å². The van der Waals surface area contributed by atoms with Crippen LogP contribution in [0.3, 0.4) is 0 Å². The number of carbonyl (C=O) groups is 1. The van der Waals surface area contributed by atoms with Crippen molar-refractivity contribution in [3.63, 3.8) is 0 Å². The maximum Gasteiger partial charge on any atom is 0.310 e. The Morgan fingerprint density at radius 2 is 1.76 bits per heavy atom. The molecule has 0 fully saturated rings. The first-order valence-corrected chi connectivity index (χ1v) is 7.29. The Bertz CT molecular complexity index is 817. The highest BCUT2D eigenvalue weighted by Gasteiger charge is 2.27. The smallest absolute Gasteiger partial charge is 0.310 e. The highest BCUT2D eigenvalue weighted by atomic mass is 19.1. The number of hydrogen-bond acceptors (Lipinski definition) is 7. The number of phenols is 4. The number of ether oxygens (including phenoxy) is 2. The van der Waals surface area contributed by atoms with Crippen LogP contribution in [-0.2, 0) is 16.0 Å². The van der Waals surface area contributed by atoms with Gasteiger partial charge in [-0.05, 0) is 18.6 Å². The van der Waals surface area contributed by atoms with Crippen LogP contribution in [0.5, 0.6) is 28.7 Å². The Morgan fingerprint density at radius 1 is 1.08 bits per heavy atom. The fourth-order valence-electron chi connectivity index (χ4n) is 2.37. The highest BCUT2D eigenvalue weighted by molar-refractivity contribution is 5.85. The lowest BCUT2D eigenvalue weighted by molar-refractivity contribution is -0.142. The highest BCUT2D eigenvalue weighted by Crippen LogP contribution is 2.55. The first-order valence-electron chi connectivity index (χ1n) is 7.29. The van der Waals surface area contributed by atoms with Crippen LogP contribution in [0.1, 0.15) is 12.5 Å². The second kappa shape index (κ2) is 7.16. The molecule has 8 heteroatoms. The van der Waals surface area contributed by atoms with Crippen LogP contribution in [0, 0.1) is 5.82 Å². The van der Waals surface area contributed by atoms with Gasteiger partial charge >= 0.3 is 5.97 Å². The minimum absolute atomic E-state index is 0.146. The minimum Gasteiger partial charge on any atom is -0.504 e. The van der Waals surface area contributed by atoms with Crippen molar-refractivity contribution >= 4 is 5.97 Å². The molecule has 0 spiro atoms. The predicted molar refractivity (Wildman–Crippen MR) is 85.4 cm³/mol. The zero-order valence-electron chi connectivity index (χ0n) is 13.5. The molecule has 7 nitrogen and oxygen atoms in total. The van der Waals surface area contributed by atoms with Gasteiger partial charge in [-0.1, -0.05) is 12.1 Å². The summed E-state index contributed by atoms with van der Waals surface area (Å²) in [5.74, 6) is -5.38. The number of carbonyl (C=O) groups excluding carboxylic acids is 1. The molecule has 0 unspecified atom stereocenters. The zero-order valence-corrected chi connectivity index (χ0v) is 13.5. The average Bonchev–Trinajstić information content (AvgIpc) is 2.55. The summed E-state index contributed by atoms with van der Waals surface area (Å²) in [6, 6.07) is 3.67. The Morgan fingerprint density at radius 3 is 2.32 bits per heavy atom. The molecule has 2 aromatic carbocycles. The summed E-state index contributed by atoms with van der Waals surface area (Å²) in [7, 11) is 1.12. The second-order valence-corrected chi connectivity index (χ2v) is 5.10. The molecule has 0 bridgehead atoms. The minimum atomic E-state index is -0.959. The van der Waals surface area contributed by atoms with Crippen LogP contribution < -0.4 is 4.74 Å². The third-order valence-electron chi connectivity index (χ3n) is 3.51. The molecule has 0 aliphatic heterocycles. The van der Waals surface area contributed by atoms with E-state index >= 15 is 0 Å². The van der Waals surface area contributed by atoms with Gasteiger partial charge in [-0.3, -0.25) is 4.79 Å². The normalized spacial score (nSPS) is 10.5. The summed E-state index contributed by atoms with van der Waals surface area (Å²) in [5, 5.41) is 39.5. The molecule has 0 aliphatic carbocycles. The lowest BCUT2D eigenvalue weighted by Crippen LogP contribution is -2.07. The van der Waals surface area contributed by atoms with Crippen LogP contribution in [0.4, 0.5) is 4.39 Å². The summed E-state index contributed by atoms with van der Waals surface area (Å²) in [6.07, 6.45) is -0.146. The van der Waals surface area contributed by atoms with Crippen LogP contribution >= 0.6 is 0 Å². The van der Waals surface area contributed by atoms with E-state index in [1.165, 1.54) is 12.1 Å². The van der Waals surface area contributed by atoms with Crippen molar-refractivity contribution in [3.05, 3.63) is 29.6 Å². The topological polar surface area (TPSA) is 116 Å². The Hall–Kier alpha value is -3.16. The SMILES string of the molecule is CCOC(=O)Cc1ccc(-c2c(O)c(O)c(O)c(OC)c2O)c(F)c1. The molecule has 0 atom stereocenters. The second-order valence-electron chi connectivity index (χ2n) is 5.10. The molecule has 2 aromatic rings. The lowest BCUT2D eigenvalue weighted by Gasteiger charge is -2.15. The Kier molecular flexibility index (Phi) is 5.21. The van der Waals surface area contributed by atoms with Gasteiger partial charge in [-0.15, -0.1) is 0 Å². The number of esters is 1. The number of aromatic hydroxyl groups is 4. The van der Waals surface area contributed by atoms with Gasteiger partial charge in [-0.25, -0.2) is 4.39 Å². The van der Waals surface area contributed by atoms with Gasteiger partial charge in [0.2, 0.25) is 17.2 Å². The first-order chi connectivity index (χ1) is 11.8. The van der Waals surface area contributed by atoms with Crippen LogP contribution in [-0.4, -0.2) is 40.1 Å². The van der Waals surface area contributed by atoms with Crippen molar-refractivity contribution in [2.24, 2.45) is 0 Å². The fourth-order valence-corrected chi connectivity index (χ4v) is 2.37. The van der Waals surface area contributed by atoms with Gasteiger partial charge < -0.3 is 29.9 Å². The van der Waals surface area contributed by atoms with E-state index in [9.17, 15) is 29.6 Å². The average molecular weight is 352 g/mol. The molecule has 25 heavy (non-hydrogen) atoms. The Balaban J connectivity index is 2.53. The maximum absolute atomic E-state index is 14.4. The number of benzene rings is 2. The summed E-state index contributed by atoms with van der Waals surface area (Å²) >= 11 is 0. The molecule has 0 heterocycles. The van der Waals surface area contributed by atoms with E-state index in [-0.39, 0.29) is 18.6 Å². The maximum atomic E-state index is 14.4. The van der Waals surface area contributed by atoms with Crippen molar-refractivity contribution in [3.8, 4) is 39.9 Å². The monoisotopic (exact) mass is 352 g/mol. The molecular weight excluding hydrogens is 335 g/mol. The molecule has 0 radical (unpaired) electrons. The van der Waals surface area contributed by atoms with E-state index in [4.69, 9.17) is 9.47 Å². The van der Waals surface area contributed by atoms with E-state index in [0.29, 0.717) is 5.56 Å². The van der Waals surface area contributed by atoms with Crippen LogP contribution in [0.2, 0.25) is 0 Å². The van der Waals surface area contributed by atoms with Crippen molar-refractivity contribution in [2.75, 3.05) is 13.7 Å². The number of methoxy groups -OCH3 is 1. The number of rotatable bonds is 5. The number of hydrogen-bond donors (Lipinski definition) is 4. The first kappa shape index (κ1) is 18.2. The van der Waals surface area contributed by atoms with E-state index in [0.717, 1.165) is 13.2 Å². The van der Waals surface area contributed by atoms with E-state index in [2.05, 4.69) is 0 Å². The van der Waals surface area contributed by atoms with Crippen molar-refractivity contribution in [2.45, 2.75) is 13.3 Å². The van der Waals surface area contributed by atoms with E-state index < -0.39 is 46.1 Å². The molecule has 0 saturated carbocycles. The van der Waals surface area contributed by atoms with Crippen LogP contribution in [0.15, 0.2) is 18.2 Å². The molecular formula is C17H17FO7. The van der Waals surface area contributed by atoms with Crippen LogP contribution in [0.25, 0.3) is 11.1 Å². The number of phenolic OH excluding ortho intramolecular Hbond substituents is 4. The quantitative estimate of drug-likeness (QED) is 0.371. The molecule has 0 amide bonds. The van der Waals surface area contributed by atoms with Gasteiger partial charge in [0, 0.05) is 5.56 Å². The summed E-state index contributed by atoms with van der Waals surface area (Å²) in [4.78, 5) is 11.5. The predicted octanol–water partition coefficient (Wildman–Crippen LogP) is 2.43. The van der Waals surface area contributed by atoms with Crippen molar-refractivity contribution in [1.82, 2.24) is 0 Å². The molecule has 0 aliphatic rings. The third-order valence-corrected chi connectivity index (χ3v) is 3.51. The standard InChI is InChI=1S/C17H17FO7/c1-3-25-11(19)7-8-4-5-9(10(18)6-8)12-13(20)15(22)16(23)17(24-2)14(12)21/h4-6,20-23H,3,7H2,1-2H3. The van der Waals surface area contributed by atoms with Crippen molar-refractivity contribution < 1.29 is 39.1 Å². The van der Waals surface area contributed by atoms with E-state index in [1.54, 1.807) is 6.92 Å². The van der Waals surface area contributed by atoms with Gasteiger partial charge in [0.15, 0.2) is 11.5 Å². The summed E-state index contributed by atoms with van der Waals surface area (Å²) < 4.78 is 24.0. The van der Waals surface area contributed by atoms with Gasteiger partial charge in [-0.2, -0.15) is 0 Å². The molecule has 134 valence electrons. The molecule has 4 N–H and O–H groups in total. The molecule has 2 rings (SSSR count). The van der Waals surface area contributed by atoms with E-state index in [1.807, 2.05) is 0 Å². The van der Waals surface area contributed by atoms with Gasteiger partial charge in [0.05, 0.1) is 25.7 Å². The lowest BCUT2D eigenvalue weighted by atomic mass is 9.99.